The summed E-state index contributed by atoms with van der Waals surface area (Å²) in [5.74, 6) is 0. The molecule has 0 saturated carbocycles. The number of benzene rings is 1. The lowest BCUT2D eigenvalue weighted by molar-refractivity contribution is 0.230. The minimum atomic E-state index is -0.235. The normalized spacial score (nSPS) is 10.2. The van der Waals surface area contributed by atoms with Crippen molar-refractivity contribution >= 4 is 34.9 Å². The summed E-state index contributed by atoms with van der Waals surface area (Å²) in [6.07, 6.45) is 1.46. The zero-order chi connectivity index (χ0) is 12.4. The van der Waals surface area contributed by atoms with Gasteiger partial charge in [0.25, 0.3) is 0 Å². The SMILES string of the molecule is CN(C)C(=O)Nc1coc2ccccc2c1=S. The molecule has 2 amide bonds. The predicted molar refractivity (Wildman–Crippen MR) is 69.8 cm³/mol. The molecular formula is C12H12N2O2S. The fourth-order valence-electron chi connectivity index (χ4n) is 1.39. The molecule has 17 heavy (non-hydrogen) atoms. The maximum Gasteiger partial charge on any atom is 0.321 e. The number of rotatable bonds is 1. The van der Waals surface area contributed by atoms with Crippen LogP contribution in [0.25, 0.3) is 11.0 Å². The number of carbonyl (C=O) groups excluding carboxylic acids is 1. The van der Waals surface area contributed by atoms with Gasteiger partial charge >= 0.3 is 6.03 Å². The van der Waals surface area contributed by atoms with E-state index in [4.69, 9.17) is 16.6 Å². The molecule has 0 spiro atoms. The molecular weight excluding hydrogens is 236 g/mol. The van der Waals surface area contributed by atoms with E-state index in [0.717, 1.165) is 5.39 Å². The number of amides is 2. The van der Waals surface area contributed by atoms with Gasteiger partial charge in [0.05, 0.1) is 10.2 Å². The number of anilines is 1. The maximum absolute atomic E-state index is 11.5. The van der Waals surface area contributed by atoms with Crippen LogP contribution in [0.15, 0.2) is 34.9 Å². The Labute approximate surface area is 104 Å². The Morgan fingerprint density at radius 2 is 2.06 bits per heavy atom. The van der Waals surface area contributed by atoms with Crippen LogP contribution in [-0.2, 0) is 0 Å². The monoisotopic (exact) mass is 248 g/mol. The predicted octanol–water partition coefficient (Wildman–Crippen LogP) is 3.26. The molecule has 1 N–H and O–H groups in total. The summed E-state index contributed by atoms with van der Waals surface area (Å²) in [5.41, 5.74) is 1.22. The lowest BCUT2D eigenvalue weighted by Gasteiger charge is -2.12. The highest BCUT2D eigenvalue weighted by molar-refractivity contribution is 7.71. The van der Waals surface area contributed by atoms with Crippen LogP contribution in [0, 0.1) is 4.51 Å². The second kappa shape index (κ2) is 4.55. The van der Waals surface area contributed by atoms with Crippen molar-refractivity contribution in [1.29, 1.82) is 0 Å². The van der Waals surface area contributed by atoms with Gasteiger partial charge in [-0.25, -0.2) is 4.79 Å². The molecule has 1 heterocycles. The Morgan fingerprint density at radius 1 is 1.35 bits per heavy atom. The van der Waals surface area contributed by atoms with Gasteiger partial charge in [-0.2, -0.15) is 0 Å². The Bertz CT molecular complexity index is 619. The summed E-state index contributed by atoms with van der Waals surface area (Å²) >= 11 is 5.31. The van der Waals surface area contributed by atoms with E-state index in [1.807, 2.05) is 24.3 Å². The third-order valence-corrected chi connectivity index (χ3v) is 2.77. The van der Waals surface area contributed by atoms with Crippen molar-refractivity contribution in [2.75, 3.05) is 19.4 Å². The van der Waals surface area contributed by atoms with Crippen LogP contribution >= 0.6 is 12.2 Å². The van der Waals surface area contributed by atoms with Crippen LogP contribution < -0.4 is 5.32 Å². The second-order valence-electron chi connectivity index (χ2n) is 3.80. The molecule has 2 rings (SSSR count). The van der Waals surface area contributed by atoms with Crippen molar-refractivity contribution < 1.29 is 9.21 Å². The summed E-state index contributed by atoms with van der Waals surface area (Å²) in [4.78, 5) is 13.0. The van der Waals surface area contributed by atoms with E-state index in [9.17, 15) is 4.79 Å². The largest absolute Gasteiger partial charge is 0.462 e. The van der Waals surface area contributed by atoms with Crippen molar-refractivity contribution in [2.24, 2.45) is 0 Å². The van der Waals surface area contributed by atoms with Crippen LogP contribution in [0.3, 0.4) is 0 Å². The van der Waals surface area contributed by atoms with Crippen LogP contribution in [-0.4, -0.2) is 25.0 Å². The molecule has 1 aromatic carbocycles. The Morgan fingerprint density at radius 3 is 2.76 bits per heavy atom. The standard InChI is InChI=1S/C12H12N2O2S/c1-14(2)12(15)13-9-7-16-10-6-4-3-5-8(10)11(9)17/h3-7H,1-2H3,(H,13,15). The van der Waals surface area contributed by atoms with E-state index in [1.54, 1.807) is 14.1 Å². The van der Waals surface area contributed by atoms with E-state index in [-0.39, 0.29) is 6.03 Å². The Kier molecular flexibility index (Phi) is 3.10. The molecule has 0 atom stereocenters. The smallest absolute Gasteiger partial charge is 0.321 e. The molecule has 0 fully saturated rings. The molecule has 5 heteroatoms. The number of hydrogen-bond acceptors (Lipinski definition) is 3. The molecule has 0 bridgehead atoms. The second-order valence-corrected chi connectivity index (χ2v) is 4.21. The highest BCUT2D eigenvalue weighted by atomic mass is 32.1. The molecule has 0 radical (unpaired) electrons. The summed E-state index contributed by atoms with van der Waals surface area (Å²) in [7, 11) is 3.33. The van der Waals surface area contributed by atoms with Crippen molar-refractivity contribution in [3.8, 4) is 0 Å². The third-order valence-electron chi connectivity index (χ3n) is 2.33. The van der Waals surface area contributed by atoms with E-state index < -0.39 is 0 Å². The maximum atomic E-state index is 11.5. The first kappa shape index (κ1) is 11.6. The number of fused-ring (bicyclic) bond motifs is 1. The highest BCUT2D eigenvalue weighted by Gasteiger charge is 2.08. The molecule has 2 aromatic rings. The van der Waals surface area contributed by atoms with Gasteiger partial charge in [-0.05, 0) is 12.1 Å². The minimum absolute atomic E-state index is 0.235. The highest BCUT2D eigenvalue weighted by Crippen LogP contribution is 2.21. The molecule has 0 saturated heterocycles. The molecule has 0 aliphatic heterocycles. The van der Waals surface area contributed by atoms with Gasteiger partial charge in [0.1, 0.15) is 11.8 Å². The van der Waals surface area contributed by atoms with Crippen LogP contribution in [0.2, 0.25) is 0 Å². The topological polar surface area (TPSA) is 45.5 Å². The Balaban J connectivity index is 2.47. The fraction of sp³-hybridized carbons (Fsp3) is 0.167. The molecule has 88 valence electrons. The molecule has 1 aromatic heterocycles. The summed E-state index contributed by atoms with van der Waals surface area (Å²) in [6, 6.07) is 7.22. The number of nitrogens with zero attached hydrogens (tertiary/aromatic N) is 1. The van der Waals surface area contributed by atoms with Crippen LogP contribution in [0.4, 0.5) is 10.5 Å². The zero-order valence-electron chi connectivity index (χ0n) is 9.56. The van der Waals surface area contributed by atoms with Crippen molar-refractivity contribution in [1.82, 2.24) is 4.90 Å². The molecule has 0 aliphatic carbocycles. The quantitative estimate of drug-likeness (QED) is 0.788. The van der Waals surface area contributed by atoms with Gasteiger partial charge in [-0.3, -0.25) is 0 Å². The zero-order valence-corrected chi connectivity index (χ0v) is 10.4. The average Bonchev–Trinajstić information content (AvgIpc) is 2.33. The number of nitrogens with one attached hydrogen (secondary N) is 1. The van der Waals surface area contributed by atoms with Gasteiger partial charge < -0.3 is 14.6 Å². The van der Waals surface area contributed by atoms with Crippen molar-refractivity contribution in [2.45, 2.75) is 0 Å². The first-order valence-corrected chi connectivity index (χ1v) is 5.49. The number of hydrogen-bond donors (Lipinski definition) is 1. The van der Waals surface area contributed by atoms with Gasteiger partial charge in [0.2, 0.25) is 0 Å². The van der Waals surface area contributed by atoms with E-state index in [1.165, 1.54) is 11.2 Å². The number of urea groups is 1. The van der Waals surface area contributed by atoms with E-state index in [0.29, 0.717) is 15.8 Å². The lowest BCUT2D eigenvalue weighted by Crippen LogP contribution is -2.27. The number of para-hydroxylation sites is 1. The van der Waals surface area contributed by atoms with Gasteiger partial charge in [0, 0.05) is 19.5 Å². The van der Waals surface area contributed by atoms with E-state index in [2.05, 4.69) is 5.32 Å². The lowest BCUT2D eigenvalue weighted by atomic mass is 10.2. The fourth-order valence-corrected chi connectivity index (χ4v) is 1.66. The third kappa shape index (κ3) is 2.29. The Hall–Kier alpha value is -1.88. The summed E-state index contributed by atoms with van der Waals surface area (Å²) in [6.45, 7) is 0. The van der Waals surface area contributed by atoms with Crippen molar-refractivity contribution in [3.63, 3.8) is 0 Å². The first-order valence-electron chi connectivity index (χ1n) is 5.08. The minimum Gasteiger partial charge on any atom is -0.462 e. The van der Waals surface area contributed by atoms with Crippen molar-refractivity contribution in [3.05, 3.63) is 35.0 Å². The number of carbonyl (C=O) groups is 1. The van der Waals surface area contributed by atoms with Gasteiger partial charge in [-0.15, -0.1) is 0 Å². The van der Waals surface area contributed by atoms with E-state index >= 15 is 0 Å². The first-order chi connectivity index (χ1) is 8.09. The van der Waals surface area contributed by atoms with Gasteiger partial charge in [-0.1, -0.05) is 24.4 Å². The summed E-state index contributed by atoms with van der Waals surface area (Å²) < 4.78 is 5.99. The molecule has 0 aliphatic rings. The molecule has 0 unspecified atom stereocenters. The average molecular weight is 248 g/mol. The summed E-state index contributed by atoms with van der Waals surface area (Å²) in [5, 5.41) is 3.51. The van der Waals surface area contributed by atoms with Crippen LogP contribution in [0.1, 0.15) is 0 Å². The van der Waals surface area contributed by atoms with Gasteiger partial charge in [0.15, 0.2) is 0 Å². The van der Waals surface area contributed by atoms with Crippen LogP contribution in [0.5, 0.6) is 0 Å². The molecule has 4 nitrogen and oxygen atoms in total.